The molecule has 2 aromatic heterocycles. The van der Waals surface area contributed by atoms with E-state index in [1.54, 1.807) is 10.7 Å². The van der Waals surface area contributed by atoms with Gasteiger partial charge in [0.1, 0.15) is 5.01 Å². The van der Waals surface area contributed by atoms with Crippen molar-refractivity contribution in [1.29, 1.82) is 0 Å². The summed E-state index contributed by atoms with van der Waals surface area (Å²) in [6, 6.07) is 3.63. The maximum Gasteiger partial charge on any atom is 0.266 e. The van der Waals surface area contributed by atoms with Crippen LogP contribution in [0, 0.1) is 5.92 Å². The molecule has 0 aromatic carbocycles. The summed E-state index contributed by atoms with van der Waals surface area (Å²) < 4.78 is 1.72. The van der Waals surface area contributed by atoms with Crippen LogP contribution in [0.5, 0.6) is 0 Å². The van der Waals surface area contributed by atoms with Crippen molar-refractivity contribution in [2.45, 2.75) is 64.0 Å². The molecule has 0 amide bonds. The first-order valence-corrected chi connectivity index (χ1v) is 10.8. The van der Waals surface area contributed by atoms with Gasteiger partial charge in [-0.3, -0.25) is 9.69 Å². The summed E-state index contributed by atoms with van der Waals surface area (Å²) >= 11 is 1.92. The van der Waals surface area contributed by atoms with E-state index in [-0.39, 0.29) is 5.56 Å². The fourth-order valence-corrected chi connectivity index (χ4v) is 5.47. The van der Waals surface area contributed by atoms with Gasteiger partial charge in [0.15, 0.2) is 0 Å². The highest BCUT2D eigenvalue weighted by Gasteiger charge is 2.27. The molecule has 3 aliphatic rings. The van der Waals surface area contributed by atoms with Gasteiger partial charge in [-0.15, -0.1) is 11.3 Å². The lowest BCUT2D eigenvalue weighted by atomic mass is 9.97. The molecule has 5 nitrogen and oxygen atoms in total. The number of piperidine rings is 1. The maximum atomic E-state index is 12.1. The van der Waals surface area contributed by atoms with E-state index in [0.29, 0.717) is 11.8 Å². The molecule has 2 aliphatic carbocycles. The number of thiazole rings is 1. The van der Waals surface area contributed by atoms with E-state index < -0.39 is 0 Å². The Morgan fingerprint density at radius 1 is 1.12 bits per heavy atom. The van der Waals surface area contributed by atoms with Crippen LogP contribution in [0.25, 0.3) is 0 Å². The number of hydrogen-bond donors (Lipinski definition) is 0. The van der Waals surface area contributed by atoms with Crippen LogP contribution in [-0.2, 0) is 25.9 Å². The van der Waals surface area contributed by atoms with Crippen molar-refractivity contribution in [2.24, 2.45) is 5.92 Å². The van der Waals surface area contributed by atoms with Gasteiger partial charge in [0.05, 0.1) is 17.9 Å². The molecule has 1 saturated heterocycles. The predicted octanol–water partition coefficient (Wildman–Crippen LogP) is 2.98. The van der Waals surface area contributed by atoms with Crippen LogP contribution in [0.15, 0.2) is 16.9 Å². The van der Waals surface area contributed by atoms with Crippen LogP contribution in [-0.4, -0.2) is 32.8 Å². The fourth-order valence-electron chi connectivity index (χ4n) is 4.27. The first-order chi connectivity index (χ1) is 12.7. The van der Waals surface area contributed by atoms with Crippen LogP contribution in [0.4, 0.5) is 0 Å². The average Bonchev–Trinajstić information content (AvgIpc) is 3.29. The molecule has 5 rings (SSSR count). The van der Waals surface area contributed by atoms with E-state index in [1.807, 2.05) is 17.4 Å². The molecule has 0 N–H and O–H groups in total. The third kappa shape index (κ3) is 3.49. The predicted molar refractivity (Wildman–Crippen MR) is 103 cm³/mol. The van der Waals surface area contributed by atoms with Gasteiger partial charge in [0, 0.05) is 23.4 Å². The van der Waals surface area contributed by atoms with Crippen LogP contribution in [0.2, 0.25) is 0 Å². The summed E-state index contributed by atoms with van der Waals surface area (Å²) in [6.45, 7) is 3.98. The molecule has 2 fully saturated rings. The Bertz CT molecular complexity index is 824. The lowest BCUT2D eigenvalue weighted by Gasteiger charge is -2.31. The molecule has 26 heavy (non-hydrogen) atoms. The van der Waals surface area contributed by atoms with E-state index in [4.69, 9.17) is 4.98 Å². The second kappa shape index (κ2) is 6.89. The highest BCUT2D eigenvalue weighted by Crippen LogP contribution is 2.38. The van der Waals surface area contributed by atoms with Crippen LogP contribution >= 0.6 is 11.3 Å². The van der Waals surface area contributed by atoms with Crippen molar-refractivity contribution >= 4 is 11.3 Å². The summed E-state index contributed by atoms with van der Waals surface area (Å²) in [7, 11) is 0. The van der Waals surface area contributed by atoms with Crippen LogP contribution < -0.4 is 5.56 Å². The van der Waals surface area contributed by atoms with Crippen molar-refractivity contribution in [3.05, 3.63) is 43.8 Å². The van der Waals surface area contributed by atoms with E-state index in [2.05, 4.69) is 10.00 Å². The average molecular weight is 371 g/mol. The molecule has 0 unspecified atom stereocenters. The molecule has 0 atom stereocenters. The van der Waals surface area contributed by atoms with Gasteiger partial charge >= 0.3 is 0 Å². The molecule has 0 spiro atoms. The van der Waals surface area contributed by atoms with Crippen LogP contribution in [0.3, 0.4) is 0 Å². The monoisotopic (exact) mass is 370 g/mol. The van der Waals surface area contributed by atoms with Gasteiger partial charge in [-0.25, -0.2) is 9.67 Å². The molecule has 0 bridgehead atoms. The second-order valence-corrected chi connectivity index (χ2v) is 9.27. The van der Waals surface area contributed by atoms with Crippen molar-refractivity contribution < 1.29 is 0 Å². The third-order valence-electron chi connectivity index (χ3n) is 6.02. The summed E-state index contributed by atoms with van der Waals surface area (Å²) in [4.78, 5) is 21.0. The molecule has 3 heterocycles. The minimum absolute atomic E-state index is 0.0501. The number of likely N-dealkylation sites (tertiary alicyclic amines) is 1. The van der Waals surface area contributed by atoms with Gasteiger partial charge in [-0.05, 0) is 70.0 Å². The molecular weight excluding hydrogens is 344 g/mol. The largest absolute Gasteiger partial charge is 0.297 e. The number of aryl methyl sites for hydroxylation is 2. The summed E-state index contributed by atoms with van der Waals surface area (Å²) in [6.07, 6.45) is 8.44. The molecule has 1 aliphatic heterocycles. The molecular formula is C20H26N4OS. The maximum absolute atomic E-state index is 12.1. The highest BCUT2D eigenvalue weighted by atomic mass is 32.1. The van der Waals surface area contributed by atoms with Gasteiger partial charge in [-0.2, -0.15) is 5.10 Å². The third-order valence-corrected chi connectivity index (χ3v) is 7.16. The van der Waals surface area contributed by atoms with Crippen molar-refractivity contribution in [3.63, 3.8) is 0 Å². The molecule has 2 aromatic rings. The standard InChI is InChI=1S/C20H26N4OS/c25-20-7-6-16(15-4-5-15)22-24(20)12-14-8-10-23(11-9-14)13-19-21-17-2-1-3-18(17)26-19/h6-7,14-15H,1-5,8-13H2. The second-order valence-electron chi connectivity index (χ2n) is 8.10. The topological polar surface area (TPSA) is 51.0 Å². The Morgan fingerprint density at radius 3 is 2.73 bits per heavy atom. The van der Waals surface area contributed by atoms with Gasteiger partial charge < -0.3 is 0 Å². The first kappa shape index (κ1) is 16.6. The van der Waals surface area contributed by atoms with E-state index >= 15 is 0 Å². The summed E-state index contributed by atoms with van der Waals surface area (Å²) in [5, 5.41) is 5.92. The van der Waals surface area contributed by atoms with Crippen molar-refractivity contribution in [3.8, 4) is 0 Å². The van der Waals surface area contributed by atoms with Crippen LogP contribution in [0.1, 0.15) is 59.3 Å². The normalized spacial score (nSPS) is 21.2. The SMILES string of the molecule is O=c1ccc(C2CC2)nn1CC1CCN(Cc2nc3c(s2)CCC3)CC1. The molecule has 1 saturated carbocycles. The zero-order valence-corrected chi connectivity index (χ0v) is 16.0. The molecule has 0 radical (unpaired) electrons. The van der Waals surface area contributed by atoms with E-state index in [9.17, 15) is 4.79 Å². The zero-order valence-electron chi connectivity index (χ0n) is 15.2. The van der Waals surface area contributed by atoms with Gasteiger partial charge in [0.25, 0.3) is 5.56 Å². The van der Waals surface area contributed by atoms with Crippen molar-refractivity contribution in [1.82, 2.24) is 19.7 Å². The number of rotatable bonds is 5. The molecule has 138 valence electrons. The smallest absolute Gasteiger partial charge is 0.266 e. The lowest BCUT2D eigenvalue weighted by Crippen LogP contribution is -2.36. The van der Waals surface area contributed by atoms with Gasteiger partial charge in [0.2, 0.25) is 0 Å². The summed E-state index contributed by atoms with van der Waals surface area (Å²) in [5.41, 5.74) is 2.52. The Labute approximate surface area is 158 Å². The highest BCUT2D eigenvalue weighted by molar-refractivity contribution is 7.11. The van der Waals surface area contributed by atoms with E-state index in [1.165, 1.54) is 47.7 Å². The number of nitrogens with zero attached hydrogens (tertiary/aromatic N) is 4. The Kier molecular flexibility index (Phi) is 4.41. The Morgan fingerprint density at radius 2 is 1.96 bits per heavy atom. The number of aromatic nitrogens is 3. The van der Waals surface area contributed by atoms with Crippen molar-refractivity contribution in [2.75, 3.05) is 13.1 Å². The van der Waals surface area contributed by atoms with Gasteiger partial charge in [-0.1, -0.05) is 0 Å². The lowest BCUT2D eigenvalue weighted by molar-refractivity contribution is 0.163. The minimum atomic E-state index is 0.0501. The molecule has 6 heteroatoms. The minimum Gasteiger partial charge on any atom is -0.297 e. The number of hydrogen-bond acceptors (Lipinski definition) is 5. The fraction of sp³-hybridized carbons (Fsp3) is 0.650. The quantitative estimate of drug-likeness (QED) is 0.812. The zero-order chi connectivity index (χ0) is 17.5. The Hall–Kier alpha value is -1.53. The van der Waals surface area contributed by atoms with E-state index in [0.717, 1.165) is 44.7 Å². The number of fused-ring (bicyclic) bond motifs is 1. The summed E-state index contributed by atoms with van der Waals surface area (Å²) in [5.74, 6) is 1.16. The first-order valence-electron chi connectivity index (χ1n) is 10.0. The Balaban J connectivity index is 1.17.